The lowest BCUT2D eigenvalue weighted by Crippen LogP contribution is -2.27. The molecule has 0 atom stereocenters. The van der Waals surface area contributed by atoms with E-state index < -0.39 is 0 Å². The minimum Gasteiger partial charge on any atom is -0.395 e. The van der Waals surface area contributed by atoms with Crippen LogP contribution in [-0.4, -0.2) is 79.6 Å². The Morgan fingerprint density at radius 2 is 1.29 bits per heavy atom. The fourth-order valence-electron chi connectivity index (χ4n) is 6.85. The summed E-state index contributed by atoms with van der Waals surface area (Å²) in [6.07, 6.45) is 11.1. The Morgan fingerprint density at radius 3 is 1.89 bits per heavy atom. The van der Waals surface area contributed by atoms with Crippen molar-refractivity contribution in [1.29, 1.82) is 0 Å². The molecule has 0 bridgehead atoms. The van der Waals surface area contributed by atoms with Gasteiger partial charge in [-0.15, -0.1) is 34.0 Å². The van der Waals surface area contributed by atoms with E-state index in [1.807, 2.05) is 60.7 Å². The van der Waals surface area contributed by atoms with Gasteiger partial charge in [-0.3, -0.25) is 14.5 Å². The molecule has 8 rings (SSSR count). The highest BCUT2D eigenvalue weighted by molar-refractivity contribution is 9.10. The number of benzene rings is 4. The van der Waals surface area contributed by atoms with Gasteiger partial charge < -0.3 is 20.0 Å². The highest BCUT2D eigenvalue weighted by atomic mass is 79.9. The number of hydrogen-bond donors (Lipinski definition) is 2. The zero-order chi connectivity index (χ0) is 43.8. The van der Waals surface area contributed by atoms with Gasteiger partial charge in [-0.1, -0.05) is 97.2 Å². The minimum atomic E-state index is -0.102. The predicted octanol–water partition coefficient (Wildman–Crippen LogP) is 12.4. The van der Waals surface area contributed by atoms with E-state index in [2.05, 4.69) is 111 Å². The fraction of sp³-hybridized carbons (Fsp3) is 0.260. The molecule has 0 saturated carbocycles. The molecule has 7 aromatic rings. The first-order valence-corrected chi connectivity index (χ1v) is 24.2. The standard InChI is InChI=1S/C27H29N3O2S.C15H19NO2S.C8H5BrS/c1-3-4-14-30(15-16-31)22-12-11-21-17-23(33-25(21)18-22)19-24-27(32)29(2)26(28-24)13-10-20-8-6-5-7-9-20;1-2-3-6-16(7-8-17)13-5-4-12-9-14(11-18)19-15(12)10-13;9-7-2-1-6-3-4-10-8(6)5-7/h5-13,17-19,31H,3-4,14-16H2,1-2H3;4-5,9-11,17H,2-3,6-8H2,1H3;1-5H/b13-10+,24-19+;;. The van der Waals surface area contributed by atoms with Gasteiger partial charge in [0.05, 0.1) is 18.1 Å². The second kappa shape index (κ2) is 23.5. The highest BCUT2D eigenvalue weighted by Crippen LogP contribution is 2.33. The average Bonchev–Trinajstić information content (AvgIpc) is 4.09. The van der Waals surface area contributed by atoms with Crippen LogP contribution in [0.5, 0.6) is 0 Å². The molecule has 0 spiro atoms. The Bertz CT molecular complexity index is 2650. The summed E-state index contributed by atoms with van der Waals surface area (Å²) >= 11 is 8.36. The molecular formula is C50H53BrN4O4S3. The summed E-state index contributed by atoms with van der Waals surface area (Å²) in [5.41, 5.74) is 3.75. The van der Waals surface area contributed by atoms with E-state index in [4.69, 9.17) is 5.11 Å². The van der Waals surface area contributed by atoms with Crippen LogP contribution in [0.3, 0.4) is 0 Å². The predicted molar refractivity (Wildman–Crippen MR) is 271 cm³/mol. The van der Waals surface area contributed by atoms with Crippen LogP contribution in [0.15, 0.2) is 130 Å². The normalized spacial score (nSPS) is 13.1. The number of rotatable bonds is 16. The quantitative estimate of drug-likeness (QED) is 0.0740. The molecule has 322 valence electrons. The molecule has 0 fully saturated rings. The molecule has 0 radical (unpaired) electrons. The number of aliphatic hydroxyl groups excluding tert-OH is 2. The molecule has 0 aliphatic carbocycles. The number of unbranched alkanes of at least 4 members (excludes halogenated alkanes) is 2. The summed E-state index contributed by atoms with van der Waals surface area (Å²) in [4.78, 5) is 35.9. The van der Waals surface area contributed by atoms with Crippen molar-refractivity contribution in [1.82, 2.24) is 4.90 Å². The summed E-state index contributed by atoms with van der Waals surface area (Å²) in [7, 11) is 1.75. The second-order valence-corrected chi connectivity index (χ2v) is 18.8. The number of aldehydes is 1. The third-order valence-corrected chi connectivity index (χ3v) is 13.7. The lowest BCUT2D eigenvalue weighted by Gasteiger charge is -2.23. The van der Waals surface area contributed by atoms with Crippen LogP contribution in [0.1, 0.15) is 59.6 Å². The number of anilines is 2. The number of thiophene rings is 3. The number of carbonyl (C=O) groups is 2. The van der Waals surface area contributed by atoms with Gasteiger partial charge in [0, 0.05) is 68.1 Å². The summed E-state index contributed by atoms with van der Waals surface area (Å²) in [5.74, 6) is 0.531. The van der Waals surface area contributed by atoms with E-state index in [0.29, 0.717) is 24.6 Å². The lowest BCUT2D eigenvalue weighted by molar-refractivity contribution is -0.121. The molecule has 2 N–H and O–H groups in total. The van der Waals surface area contributed by atoms with Gasteiger partial charge in [-0.25, -0.2) is 4.99 Å². The SMILES string of the molecule is Brc1ccc2ccsc2c1.CCCCN(CCO)c1ccc2cc(/C=C3N=C(/C=C/c4ccccc4)N(C)C/3=O)sc2c1.CCCCN(CCO)c1ccc2cc(C=O)sc2c1. The highest BCUT2D eigenvalue weighted by Gasteiger charge is 2.25. The van der Waals surface area contributed by atoms with Gasteiger partial charge in [-0.05, 0) is 107 Å². The Morgan fingerprint density at radius 1 is 0.694 bits per heavy atom. The number of amides is 1. The summed E-state index contributed by atoms with van der Waals surface area (Å²) in [5, 5.41) is 24.3. The van der Waals surface area contributed by atoms with E-state index in [-0.39, 0.29) is 19.1 Å². The first-order chi connectivity index (χ1) is 30.2. The maximum absolute atomic E-state index is 12.7. The molecule has 0 saturated heterocycles. The van der Waals surface area contributed by atoms with E-state index in [9.17, 15) is 14.7 Å². The summed E-state index contributed by atoms with van der Waals surface area (Å²) in [6.45, 7) is 7.79. The van der Waals surface area contributed by atoms with E-state index >= 15 is 0 Å². The second-order valence-electron chi connectivity index (χ2n) is 14.7. The molecule has 8 nitrogen and oxygen atoms in total. The van der Waals surface area contributed by atoms with Gasteiger partial charge in [0.2, 0.25) is 0 Å². The molecule has 0 unspecified atom stereocenters. The fourth-order valence-corrected chi connectivity index (χ4v) is 10.1. The number of fused-ring (bicyclic) bond motifs is 3. The lowest BCUT2D eigenvalue weighted by atomic mass is 10.2. The zero-order valence-electron chi connectivity index (χ0n) is 35.4. The molecule has 1 aliphatic rings. The molecule has 4 heterocycles. The maximum Gasteiger partial charge on any atom is 0.277 e. The van der Waals surface area contributed by atoms with Crippen LogP contribution in [0.2, 0.25) is 0 Å². The number of hydrogen-bond acceptors (Lipinski definition) is 10. The number of likely N-dealkylation sites (N-methyl/N-ethyl adjacent to an activating group) is 1. The Balaban J connectivity index is 0.000000184. The van der Waals surface area contributed by atoms with Crippen molar-refractivity contribution < 1.29 is 19.8 Å². The van der Waals surface area contributed by atoms with Crippen molar-refractivity contribution >= 4 is 122 Å². The van der Waals surface area contributed by atoms with Crippen LogP contribution < -0.4 is 9.80 Å². The third kappa shape index (κ3) is 12.6. The number of carbonyl (C=O) groups excluding carboxylic acids is 2. The van der Waals surface area contributed by atoms with E-state index in [1.165, 1.54) is 21.4 Å². The van der Waals surface area contributed by atoms with Crippen LogP contribution >= 0.6 is 49.9 Å². The third-order valence-electron chi connectivity index (χ3n) is 10.2. The Labute approximate surface area is 384 Å². The van der Waals surface area contributed by atoms with Crippen LogP contribution in [0.25, 0.3) is 42.4 Å². The van der Waals surface area contributed by atoms with Crippen molar-refractivity contribution in [2.75, 3.05) is 56.2 Å². The number of aliphatic hydroxyl groups is 2. The molecule has 12 heteroatoms. The monoisotopic (exact) mass is 948 g/mol. The van der Waals surface area contributed by atoms with Crippen molar-refractivity contribution in [3.05, 3.63) is 140 Å². The number of halogens is 1. The first-order valence-electron chi connectivity index (χ1n) is 20.9. The smallest absolute Gasteiger partial charge is 0.277 e. The molecule has 1 aliphatic heterocycles. The van der Waals surface area contributed by atoms with Crippen LogP contribution in [0.4, 0.5) is 11.4 Å². The van der Waals surface area contributed by atoms with E-state index in [0.717, 1.165) is 96.4 Å². The van der Waals surface area contributed by atoms with Gasteiger partial charge in [0.15, 0.2) is 6.29 Å². The van der Waals surface area contributed by atoms with Gasteiger partial charge in [0.1, 0.15) is 11.5 Å². The van der Waals surface area contributed by atoms with E-state index in [1.54, 1.807) is 34.6 Å². The van der Waals surface area contributed by atoms with Crippen LogP contribution in [0, 0.1) is 0 Å². The van der Waals surface area contributed by atoms with Crippen molar-refractivity contribution in [2.45, 2.75) is 39.5 Å². The van der Waals surface area contributed by atoms with Crippen molar-refractivity contribution in [3.8, 4) is 0 Å². The van der Waals surface area contributed by atoms with Gasteiger partial charge in [-0.2, -0.15) is 0 Å². The maximum atomic E-state index is 12.7. The first kappa shape index (κ1) is 46.6. The molecular weight excluding hydrogens is 897 g/mol. The van der Waals surface area contributed by atoms with Crippen molar-refractivity contribution in [3.63, 3.8) is 0 Å². The molecule has 4 aromatic carbocycles. The zero-order valence-corrected chi connectivity index (χ0v) is 39.4. The summed E-state index contributed by atoms with van der Waals surface area (Å²) < 4.78 is 4.78. The minimum absolute atomic E-state index is 0.102. The average molecular weight is 950 g/mol. The largest absolute Gasteiger partial charge is 0.395 e. The number of nitrogens with zero attached hydrogens (tertiary/aromatic N) is 4. The van der Waals surface area contributed by atoms with Crippen molar-refractivity contribution in [2.24, 2.45) is 4.99 Å². The molecule has 3 aromatic heterocycles. The topological polar surface area (TPSA) is 96.7 Å². The Hall–Kier alpha value is -4.95. The Kier molecular flexibility index (Phi) is 17.6. The summed E-state index contributed by atoms with van der Waals surface area (Å²) in [6, 6.07) is 35.0. The van der Waals surface area contributed by atoms with Gasteiger partial charge in [0.25, 0.3) is 5.91 Å². The molecule has 1 amide bonds. The number of aliphatic imine (C=N–C) groups is 1. The van der Waals surface area contributed by atoms with Gasteiger partial charge >= 0.3 is 0 Å². The molecule has 62 heavy (non-hydrogen) atoms. The van der Waals surface area contributed by atoms with Crippen LogP contribution in [-0.2, 0) is 4.79 Å². The number of amidine groups is 1.